The molecule has 3 heteroatoms. The van der Waals surface area contributed by atoms with E-state index in [9.17, 15) is 0 Å². The predicted octanol–water partition coefficient (Wildman–Crippen LogP) is 10.2. The van der Waals surface area contributed by atoms with Crippen LogP contribution in [0.1, 0.15) is 111 Å². The molecule has 0 amide bonds. The topological polar surface area (TPSA) is 0 Å². The Morgan fingerprint density at radius 2 is 0.484 bits per heavy atom. The molecule has 174 valence electrons. The second-order valence-electron chi connectivity index (χ2n) is 13.1. The molecule has 2 rings (SSSR count). The zero-order chi connectivity index (χ0) is 24.0. The van der Waals surface area contributed by atoms with Crippen LogP contribution in [0.3, 0.4) is 0 Å². The molecule has 0 aromatic carbocycles. The summed E-state index contributed by atoms with van der Waals surface area (Å²) in [5.41, 5.74) is 7.63. The first-order valence-corrected chi connectivity index (χ1v) is 13.2. The number of hydrogen-bond donors (Lipinski definition) is 0. The first-order valence-electron chi connectivity index (χ1n) is 11.4. The molecule has 14 radical (unpaired) electrons. The monoisotopic (exact) mass is 654 g/mol. The second-order valence-corrected chi connectivity index (χ2v) is 15.4. The van der Waals surface area contributed by atoms with Gasteiger partial charge in [0, 0.05) is 49.9 Å². The quantitative estimate of drug-likeness (QED) is 0.180. The van der Waals surface area contributed by atoms with Gasteiger partial charge in [-0.05, 0) is 45.3 Å². The van der Waals surface area contributed by atoms with Crippen molar-refractivity contribution in [2.75, 3.05) is 0 Å². The zero-order valence-corrected chi connectivity index (χ0v) is 29.1. The van der Waals surface area contributed by atoms with Gasteiger partial charge in [0.25, 0.3) is 0 Å². The summed E-state index contributed by atoms with van der Waals surface area (Å²) in [4.78, 5) is 0. The van der Waals surface area contributed by atoms with Crippen molar-refractivity contribution >= 4 is 44.5 Å². The zero-order valence-electron chi connectivity index (χ0n) is 23.4. The van der Waals surface area contributed by atoms with Crippen molar-refractivity contribution in [1.82, 2.24) is 0 Å². The fraction of sp³-hybridized carbons (Fsp3) is 0.714. The molecule has 0 atom stereocenters. The molecule has 2 aliphatic heterocycles. The third kappa shape index (κ3) is 8.44. The second kappa shape index (κ2) is 11.2. The van der Waals surface area contributed by atoms with Crippen LogP contribution in [0.2, 0.25) is 0 Å². The first kappa shape index (κ1) is 32.8. The summed E-state index contributed by atoms with van der Waals surface area (Å²) >= 11 is 0. The smallest absolute Gasteiger partial charge is 0.0173 e. The maximum atomic E-state index is 2.32. The van der Waals surface area contributed by atoms with Crippen LogP contribution in [0.25, 0.3) is 0 Å². The van der Waals surface area contributed by atoms with Gasteiger partial charge in [-0.1, -0.05) is 128 Å². The molecule has 0 aromatic rings. The average Bonchev–Trinajstić information content (AvgIpc) is 2.97. The summed E-state index contributed by atoms with van der Waals surface area (Å²) in [7, 11) is 2.91. The molecule has 2 aliphatic rings. The third-order valence-electron chi connectivity index (χ3n) is 5.83. The SMILES string of the molecule is C[C]1[C](C)[C](C(C)(C)C)[P][C]1C(C)(C)C.C[C]1[C](C)[C](C(C)(C)C)[P][C]1C(C)(C)C.[Pb]. The van der Waals surface area contributed by atoms with Crippen LogP contribution in [0.5, 0.6) is 0 Å². The molecule has 0 bridgehead atoms. The minimum atomic E-state index is 0. The van der Waals surface area contributed by atoms with Crippen LogP contribution < -0.4 is 0 Å². The van der Waals surface area contributed by atoms with Gasteiger partial charge in [0.05, 0.1) is 0 Å². The van der Waals surface area contributed by atoms with Crippen molar-refractivity contribution < 1.29 is 0 Å². The molecule has 0 aliphatic carbocycles. The van der Waals surface area contributed by atoms with Crippen molar-refractivity contribution in [3.05, 3.63) is 46.3 Å². The van der Waals surface area contributed by atoms with Gasteiger partial charge in [-0.2, -0.15) is 0 Å². The van der Waals surface area contributed by atoms with Crippen molar-refractivity contribution in [2.24, 2.45) is 21.7 Å². The van der Waals surface area contributed by atoms with Crippen LogP contribution in [0.15, 0.2) is 0 Å². The average molecular weight is 654 g/mol. The van der Waals surface area contributed by atoms with Gasteiger partial charge in [-0.25, -0.2) is 0 Å². The molecule has 0 N–H and O–H groups in total. The fourth-order valence-electron chi connectivity index (χ4n) is 4.19. The Hall–Kier alpha value is 1.78. The van der Waals surface area contributed by atoms with E-state index in [4.69, 9.17) is 0 Å². The molecule has 0 spiro atoms. The Labute approximate surface area is 222 Å². The Bertz CT molecular complexity index is 445. The standard InChI is InChI=1S/2C14H24P.Pb/c2*1-9-10(2)12(14(6,7)8)15-11(9)13(3,4)5;/h2*1-8H3;. The molecular weight excluding hydrogens is 605 g/mol. The first-order chi connectivity index (χ1) is 13.1. The summed E-state index contributed by atoms with van der Waals surface area (Å²) in [6, 6.07) is 0. The van der Waals surface area contributed by atoms with E-state index in [1.807, 2.05) is 0 Å². The number of hydrogen-bond acceptors (Lipinski definition) is 0. The third-order valence-corrected chi connectivity index (χ3v) is 10.8. The summed E-state index contributed by atoms with van der Waals surface area (Å²) in [5.74, 6) is 6.09. The molecular formula is C28H48P2Pb. The Kier molecular flexibility index (Phi) is 11.9. The normalized spacial score (nSPS) is 23.2. The van der Waals surface area contributed by atoms with E-state index in [0.717, 1.165) is 0 Å². The van der Waals surface area contributed by atoms with E-state index in [1.165, 1.54) is 40.8 Å². The van der Waals surface area contributed by atoms with Crippen molar-refractivity contribution in [3.63, 3.8) is 0 Å². The van der Waals surface area contributed by atoms with E-state index in [1.54, 1.807) is 22.6 Å². The van der Waals surface area contributed by atoms with Gasteiger partial charge in [0.1, 0.15) is 0 Å². The minimum absolute atomic E-state index is 0. The molecule has 0 nitrogen and oxygen atoms in total. The summed E-state index contributed by atoms with van der Waals surface area (Å²) < 4.78 is 0. The van der Waals surface area contributed by atoms with Crippen LogP contribution in [-0.2, 0) is 0 Å². The van der Waals surface area contributed by atoms with E-state index in [0.29, 0.717) is 21.7 Å². The minimum Gasteiger partial charge on any atom is -0.0628 e. The Balaban J connectivity index is 0.000000562. The Morgan fingerprint density at radius 3 is 0.548 bits per heavy atom. The van der Waals surface area contributed by atoms with Crippen LogP contribution in [-0.4, -0.2) is 27.3 Å². The van der Waals surface area contributed by atoms with Gasteiger partial charge < -0.3 is 0 Å². The predicted molar refractivity (Wildman–Crippen MR) is 146 cm³/mol. The van der Waals surface area contributed by atoms with Gasteiger partial charge in [0.15, 0.2) is 0 Å². The molecule has 2 heterocycles. The van der Waals surface area contributed by atoms with Gasteiger partial charge in [0.2, 0.25) is 0 Å². The summed E-state index contributed by atoms with van der Waals surface area (Å²) in [5, 5.41) is 0. The maximum absolute atomic E-state index is 2.32. The van der Waals surface area contributed by atoms with Crippen LogP contribution >= 0.6 is 17.2 Å². The van der Waals surface area contributed by atoms with Crippen molar-refractivity contribution in [2.45, 2.75) is 111 Å². The molecule has 2 fully saturated rings. The fourth-order valence-corrected chi connectivity index (χ4v) is 7.32. The maximum Gasteiger partial charge on any atom is 0.0173 e. The van der Waals surface area contributed by atoms with Gasteiger partial charge in [-0.3, -0.25) is 0 Å². The van der Waals surface area contributed by atoms with Crippen LogP contribution in [0.4, 0.5) is 0 Å². The largest absolute Gasteiger partial charge is 0.0628 e. The summed E-state index contributed by atoms with van der Waals surface area (Å²) in [6.07, 6.45) is 0. The van der Waals surface area contributed by atoms with Crippen molar-refractivity contribution in [1.29, 1.82) is 0 Å². The van der Waals surface area contributed by atoms with Crippen molar-refractivity contribution in [3.8, 4) is 0 Å². The summed E-state index contributed by atoms with van der Waals surface area (Å²) in [6.45, 7) is 36.9. The molecule has 31 heavy (non-hydrogen) atoms. The molecule has 0 unspecified atom stereocenters. The number of rotatable bonds is 0. The van der Waals surface area contributed by atoms with E-state index in [-0.39, 0.29) is 27.3 Å². The Morgan fingerprint density at radius 1 is 0.355 bits per heavy atom. The van der Waals surface area contributed by atoms with Crippen LogP contribution in [0, 0.1) is 68.0 Å². The molecule has 0 aromatic heterocycles. The van der Waals surface area contributed by atoms with E-state index < -0.39 is 0 Å². The molecule has 2 saturated heterocycles. The van der Waals surface area contributed by atoms with Gasteiger partial charge in [-0.15, -0.1) is 0 Å². The molecule has 0 saturated carbocycles. The van der Waals surface area contributed by atoms with E-state index >= 15 is 0 Å². The van der Waals surface area contributed by atoms with E-state index in [2.05, 4.69) is 111 Å². The van der Waals surface area contributed by atoms with Gasteiger partial charge >= 0.3 is 0 Å².